The summed E-state index contributed by atoms with van der Waals surface area (Å²) in [5.41, 5.74) is 3.42. The number of esters is 1. The number of rotatable bonds is 7. The molecule has 1 aromatic heterocycles. The van der Waals surface area contributed by atoms with E-state index in [0.717, 1.165) is 24.5 Å². The standard InChI is InChI=1S/C29H27FN4O4/c1-20(28(35)31-23-11-13-24(14-12-23)33-15-17-37-18-16-33)38-29(36)26-19-34(25-5-3-2-4-6-25)32-27(26)21-7-9-22(30)10-8-21/h2-14,19-20H,15-18H2,1H3,(H,31,35)/t20-/m0/s1. The molecule has 0 spiro atoms. The summed E-state index contributed by atoms with van der Waals surface area (Å²) >= 11 is 0. The number of para-hydroxylation sites is 1. The van der Waals surface area contributed by atoms with Gasteiger partial charge in [0.1, 0.15) is 17.1 Å². The molecule has 38 heavy (non-hydrogen) atoms. The summed E-state index contributed by atoms with van der Waals surface area (Å²) in [6.07, 6.45) is 0.480. The first-order valence-electron chi connectivity index (χ1n) is 12.3. The molecule has 3 aromatic carbocycles. The van der Waals surface area contributed by atoms with E-state index in [1.807, 2.05) is 54.6 Å². The van der Waals surface area contributed by atoms with E-state index in [1.165, 1.54) is 19.1 Å². The minimum Gasteiger partial charge on any atom is -0.449 e. The molecule has 9 heteroatoms. The number of hydrogen-bond acceptors (Lipinski definition) is 6. The maximum atomic E-state index is 13.5. The van der Waals surface area contributed by atoms with Gasteiger partial charge in [-0.05, 0) is 67.6 Å². The van der Waals surface area contributed by atoms with E-state index in [1.54, 1.807) is 23.0 Å². The molecule has 0 unspecified atom stereocenters. The van der Waals surface area contributed by atoms with Crippen LogP contribution in [0.1, 0.15) is 17.3 Å². The largest absolute Gasteiger partial charge is 0.449 e. The Hall–Kier alpha value is -4.50. The topological polar surface area (TPSA) is 85.7 Å². The monoisotopic (exact) mass is 514 g/mol. The average molecular weight is 515 g/mol. The molecule has 1 fully saturated rings. The zero-order valence-corrected chi connectivity index (χ0v) is 20.8. The van der Waals surface area contributed by atoms with Gasteiger partial charge in [-0.1, -0.05) is 18.2 Å². The van der Waals surface area contributed by atoms with Gasteiger partial charge in [0.05, 0.1) is 18.9 Å². The number of hydrogen-bond donors (Lipinski definition) is 1. The molecule has 0 radical (unpaired) electrons. The SMILES string of the molecule is C[C@H](OC(=O)c1cn(-c2ccccc2)nc1-c1ccc(F)cc1)C(=O)Nc1ccc(N2CCOCC2)cc1. The summed E-state index contributed by atoms with van der Waals surface area (Å²) < 4.78 is 26.0. The van der Waals surface area contributed by atoms with Crippen molar-refractivity contribution in [1.29, 1.82) is 0 Å². The van der Waals surface area contributed by atoms with Gasteiger partial charge in [-0.25, -0.2) is 13.9 Å². The molecule has 1 N–H and O–H groups in total. The number of aromatic nitrogens is 2. The molecular formula is C29H27FN4O4. The van der Waals surface area contributed by atoms with Crippen LogP contribution in [0.5, 0.6) is 0 Å². The number of halogens is 1. The Morgan fingerprint density at radius 1 is 0.947 bits per heavy atom. The first-order chi connectivity index (χ1) is 18.5. The second-order valence-corrected chi connectivity index (χ2v) is 8.86. The number of morpholine rings is 1. The molecule has 0 aliphatic carbocycles. The van der Waals surface area contributed by atoms with E-state index in [-0.39, 0.29) is 5.56 Å². The molecular weight excluding hydrogens is 487 g/mol. The van der Waals surface area contributed by atoms with Crippen LogP contribution < -0.4 is 10.2 Å². The van der Waals surface area contributed by atoms with E-state index >= 15 is 0 Å². The normalized spacial score (nSPS) is 14.1. The Morgan fingerprint density at radius 3 is 2.32 bits per heavy atom. The molecule has 4 aromatic rings. The van der Waals surface area contributed by atoms with E-state index in [0.29, 0.717) is 30.2 Å². The van der Waals surface area contributed by atoms with Crippen LogP contribution in [0.25, 0.3) is 16.9 Å². The average Bonchev–Trinajstić information content (AvgIpc) is 3.41. The van der Waals surface area contributed by atoms with E-state index < -0.39 is 23.8 Å². The fraction of sp³-hybridized carbons (Fsp3) is 0.207. The Morgan fingerprint density at radius 2 is 1.63 bits per heavy atom. The maximum Gasteiger partial charge on any atom is 0.342 e. The van der Waals surface area contributed by atoms with Crippen LogP contribution >= 0.6 is 0 Å². The quantitative estimate of drug-likeness (QED) is 0.360. The molecule has 8 nitrogen and oxygen atoms in total. The first kappa shape index (κ1) is 25.2. The van der Waals surface area contributed by atoms with Gasteiger partial charge in [0.15, 0.2) is 6.10 Å². The molecule has 2 heterocycles. The van der Waals surface area contributed by atoms with Crippen LogP contribution in [0.3, 0.4) is 0 Å². The number of amides is 1. The summed E-state index contributed by atoms with van der Waals surface area (Å²) in [5.74, 6) is -1.57. The van der Waals surface area contributed by atoms with Crippen LogP contribution in [-0.2, 0) is 14.3 Å². The van der Waals surface area contributed by atoms with Crippen molar-refractivity contribution in [2.24, 2.45) is 0 Å². The molecule has 5 rings (SSSR count). The van der Waals surface area contributed by atoms with Gasteiger partial charge >= 0.3 is 5.97 Å². The Kier molecular flexibility index (Phi) is 7.46. The Bertz CT molecular complexity index is 1400. The van der Waals surface area contributed by atoms with Crippen LogP contribution in [-0.4, -0.2) is 54.1 Å². The van der Waals surface area contributed by atoms with Crippen molar-refractivity contribution in [1.82, 2.24) is 9.78 Å². The molecule has 1 atom stereocenters. The summed E-state index contributed by atoms with van der Waals surface area (Å²) in [5, 5.41) is 7.34. The van der Waals surface area contributed by atoms with Gasteiger partial charge in [-0.15, -0.1) is 0 Å². The summed E-state index contributed by atoms with van der Waals surface area (Å²) in [4.78, 5) is 28.2. The number of carbonyl (C=O) groups is 2. The number of nitrogens with one attached hydrogen (secondary N) is 1. The zero-order valence-electron chi connectivity index (χ0n) is 20.8. The van der Waals surface area contributed by atoms with Crippen LogP contribution in [0.2, 0.25) is 0 Å². The van der Waals surface area contributed by atoms with Gasteiger partial charge in [0.2, 0.25) is 0 Å². The van der Waals surface area contributed by atoms with Crippen molar-refractivity contribution in [3.63, 3.8) is 0 Å². The highest BCUT2D eigenvalue weighted by molar-refractivity contribution is 6.00. The van der Waals surface area contributed by atoms with Crippen LogP contribution in [0.4, 0.5) is 15.8 Å². The first-order valence-corrected chi connectivity index (χ1v) is 12.3. The third-order valence-corrected chi connectivity index (χ3v) is 6.24. The predicted octanol–water partition coefficient (Wildman–Crippen LogP) is 4.70. The highest BCUT2D eigenvalue weighted by Gasteiger charge is 2.25. The van der Waals surface area contributed by atoms with E-state index in [9.17, 15) is 14.0 Å². The molecule has 1 amide bonds. The lowest BCUT2D eigenvalue weighted by Crippen LogP contribution is -2.36. The predicted molar refractivity (Wildman–Crippen MR) is 142 cm³/mol. The van der Waals surface area contributed by atoms with Crippen molar-refractivity contribution in [3.05, 3.63) is 96.4 Å². The van der Waals surface area contributed by atoms with Crippen molar-refractivity contribution in [2.45, 2.75) is 13.0 Å². The second-order valence-electron chi connectivity index (χ2n) is 8.86. The van der Waals surface area contributed by atoms with Gasteiger partial charge < -0.3 is 19.7 Å². The van der Waals surface area contributed by atoms with Gasteiger partial charge in [-0.2, -0.15) is 5.10 Å². The highest BCUT2D eigenvalue weighted by atomic mass is 19.1. The zero-order chi connectivity index (χ0) is 26.5. The number of ether oxygens (including phenoxy) is 2. The Balaban J connectivity index is 1.30. The fourth-order valence-corrected chi connectivity index (χ4v) is 4.16. The third-order valence-electron chi connectivity index (χ3n) is 6.24. The third kappa shape index (κ3) is 5.73. The summed E-state index contributed by atoms with van der Waals surface area (Å²) in [7, 11) is 0. The lowest BCUT2D eigenvalue weighted by Gasteiger charge is -2.28. The minimum atomic E-state index is -1.07. The molecule has 194 valence electrons. The number of benzene rings is 3. The van der Waals surface area contributed by atoms with Crippen LogP contribution in [0, 0.1) is 5.82 Å². The van der Waals surface area contributed by atoms with E-state index in [4.69, 9.17) is 9.47 Å². The molecule has 0 saturated carbocycles. The van der Waals surface area contributed by atoms with Crippen molar-refractivity contribution in [3.8, 4) is 16.9 Å². The molecule has 1 saturated heterocycles. The maximum absolute atomic E-state index is 13.5. The lowest BCUT2D eigenvalue weighted by molar-refractivity contribution is -0.123. The van der Waals surface area contributed by atoms with E-state index in [2.05, 4.69) is 15.3 Å². The Labute approximate surface area is 219 Å². The number of carbonyl (C=O) groups excluding carboxylic acids is 2. The summed E-state index contributed by atoms with van der Waals surface area (Å²) in [6.45, 7) is 4.52. The van der Waals surface area contributed by atoms with Crippen molar-refractivity contribution < 1.29 is 23.5 Å². The van der Waals surface area contributed by atoms with Crippen molar-refractivity contribution >= 4 is 23.3 Å². The summed E-state index contributed by atoms with van der Waals surface area (Å²) in [6, 6.07) is 22.4. The lowest BCUT2D eigenvalue weighted by atomic mass is 10.1. The molecule has 0 bridgehead atoms. The number of nitrogens with zero attached hydrogens (tertiary/aromatic N) is 3. The van der Waals surface area contributed by atoms with Gasteiger partial charge in [-0.3, -0.25) is 4.79 Å². The number of anilines is 2. The second kappa shape index (κ2) is 11.3. The van der Waals surface area contributed by atoms with Gasteiger partial charge in [0, 0.05) is 36.2 Å². The van der Waals surface area contributed by atoms with Crippen molar-refractivity contribution in [2.75, 3.05) is 36.5 Å². The molecule has 1 aliphatic rings. The molecule has 1 aliphatic heterocycles. The van der Waals surface area contributed by atoms with Gasteiger partial charge in [0.25, 0.3) is 5.91 Å². The highest BCUT2D eigenvalue weighted by Crippen LogP contribution is 2.25. The smallest absolute Gasteiger partial charge is 0.342 e. The fourth-order valence-electron chi connectivity index (χ4n) is 4.16. The minimum absolute atomic E-state index is 0.162. The van der Waals surface area contributed by atoms with Crippen LogP contribution in [0.15, 0.2) is 85.1 Å².